The third kappa shape index (κ3) is 4.36. The molecule has 5 rings (SSSR count). The van der Waals surface area contributed by atoms with Gasteiger partial charge in [-0.05, 0) is 74.0 Å². The number of amides is 3. The van der Waals surface area contributed by atoms with Crippen LogP contribution in [0.4, 0.5) is 10.5 Å². The standard InChI is InChI=1S/C24H28N6O2/c1-17-10-20(14-25-13-17)16-28-6-2-18(3-7-28)11-19-4-9-30-21(12-19)22(15-26-30)29-8-5-23(31)27-24(29)32/h4,9-10,12-15,18H,2-3,5-8,11,16H2,1H3,(H,27,31,32). The summed E-state index contributed by atoms with van der Waals surface area (Å²) in [6, 6.07) is 6.10. The Labute approximate surface area is 187 Å². The monoisotopic (exact) mass is 432 g/mol. The van der Waals surface area contributed by atoms with Gasteiger partial charge in [-0.15, -0.1) is 0 Å². The van der Waals surface area contributed by atoms with E-state index in [1.165, 1.54) is 29.5 Å². The number of imide groups is 1. The normalized spacial score (nSPS) is 18.3. The van der Waals surface area contributed by atoms with Crippen molar-refractivity contribution in [3.05, 3.63) is 59.7 Å². The number of carbonyl (C=O) groups excluding carboxylic acids is 2. The number of urea groups is 1. The van der Waals surface area contributed by atoms with Gasteiger partial charge in [0, 0.05) is 38.1 Å². The van der Waals surface area contributed by atoms with Crippen LogP contribution in [0.2, 0.25) is 0 Å². The zero-order chi connectivity index (χ0) is 22.1. The molecular weight excluding hydrogens is 404 g/mol. The smallest absolute Gasteiger partial charge is 0.299 e. The van der Waals surface area contributed by atoms with Gasteiger partial charge in [-0.2, -0.15) is 5.10 Å². The lowest BCUT2D eigenvalue weighted by Gasteiger charge is -2.32. The molecule has 0 aromatic carbocycles. The van der Waals surface area contributed by atoms with Crippen molar-refractivity contribution in [2.75, 3.05) is 24.5 Å². The van der Waals surface area contributed by atoms with Crippen LogP contribution < -0.4 is 10.2 Å². The van der Waals surface area contributed by atoms with E-state index in [0.29, 0.717) is 18.9 Å². The SMILES string of the molecule is Cc1cncc(CN2CCC(Cc3ccn4ncc(N5CCC(=O)NC5=O)c4c3)CC2)c1. The number of carbonyl (C=O) groups is 2. The summed E-state index contributed by atoms with van der Waals surface area (Å²) < 4.78 is 1.79. The minimum absolute atomic E-state index is 0.228. The number of anilines is 1. The Bertz CT molecular complexity index is 1150. The van der Waals surface area contributed by atoms with Gasteiger partial charge in [0.15, 0.2) is 0 Å². The lowest BCUT2D eigenvalue weighted by atomic mass is 9.90. The van der Waals surface area contributed by atoms with Gasteiger partial charge >= 0.3 is 6.03 Å². The number of hydrogen-bond acceptors (Lipinski definition) is 5. The summed E-state index contributed by atoms with van der Waals surface area (Å²) in [4.78, 5) is 32.2. The number of nitrogens with one attached hydrogen (secondary N) is 1. The minimum Gasteiger partial charge on any atom is -0.299 e. The Morgan fingerprint density at radius 2 is 1.91 bits per heavy atom. The van der Waals surface area contributed by atoms with Gasteiger partial charge in [-0.25, -0.2) is 9.31 Å². The van der Waals surface area contributed by atoms with Crippen LogP contribution in [0.1, 0.15) is 36.0 Å². The van der Waals surface area contributed by atoms with Crippen LogP contribution >= 0.6 is 0 Å². The molecule has 1 N–H and O–H groups in total. The zero-order valence-corrected chi connectivity index (χ0v) is 18.3. The van der Waals surface area contributed by atoms with Gasteiger partial charge in [0.25, 0.3) is 0 Å². The first-order valence-electron chi connectivity index (χ1n) is 11.3. The minimum atomic E-state index is -0.377. The number of piperidine rings is 1. The first-order chi connectivity index (χ1) is 15.5. The quantitative estimate of drug-likeness (QED) is 0.670. The van der Waals surface area contributed by atoms with Crippen molar-refractivity contribution in [1.29, 1.82) is 0 Å². The highest BCUT2D eigenvalue weighted by Crippen LogP contribution is 2.27. The molecule has 0 bridgehead atoms. The highest BCUT2D eigenvalue weighted by Gasteiger charge is 2.27. The molecule has 0 atom stereocenters. The molecule has 2 aliphatic heterocycles. The Morgan fingerprint density at radius 3 is 2.69 bits per heavy atom. The van der Waals surface area contributed by atoms with Crippen LogP contribution in [0.5, 0.6) is 0 Å². The predicted molar refractivity (Wildman–Crippen MR) is 121 cm³/mol. The Kier molecular flexibility index (Phi) is 5.61. The van der Waals surface area contributed by atoms with E-state index in [1.54, 1.807) is 15.6 Å². The summed E-state index contributed by atoms with van der Waals surface area (Å²) in [6.45, 7) is 5.63. The van der Waals surface area contributed by atoms with Crippen molar-refractivity contribution < 1.29 is 9.59 Å². The van der Waals surface area contributed by atoms with Crippen molar-refractivity contribution in [2.24, 2.45) is 5.92 Å². The topological polar surface area (TPSA) is 82.8 Å². The molecule has 5 heterocycles. The van der Waals surface area contributed by atoms with Crippen LogP contribution in [-0.2, 0) is 17.8 Å². The van der Waals surface area contributed by atoms with Gasteiger partial charge in [0.2, 0.25) is 5.91 Å². The summed E-state index contributed by atoms with van der Waals surface area (Å²) in [7, 11) is 0. The average Bonchev–Trinajstić information content (AvgIpc) is 3.18. The molecular formula is C24H28N6O2. The lowest BCUT2D eigenvalue weighted by molar-refractivity contribution is -0.120. The average molecular weight is 433 g/mol. The Balaban J connectivity index is 1.23. The fraction of sp³-hybridized carbons (Fsp3) is 0.417. The van der Waals surface area contributed by atoms with E-state index in [1.807, 2.05) is 18.6 Å². The molecule has 166 valence electrons. The van der Waals surface area contributed by atoms with E-state index in [0.717, 1.165) is 37.3 Å². The predicted octanol–water partition coefficient (Wildman–Crippen LogP) is 2.94. The third-order valence-electron chi connectivity index (χ3n) is 6.48. The largest absolute Gasteiger partial charge is 0.328 e. The van der Waals surface area contributed by atoms with Crippen LogP contribution in [0.3, 0.4) is 0 Å². The van der Waals surface area contributed by atoms with Crippen LogP contribution in [0.25, 0.3) is 5.52 Å². The number of aromatic nitrogens is 3. The van der Waals surface area contributed by atoms with E-state index < -0.39 is 0 Å². The molecule has 3 amide bonds. The highest BCUT2D eigenvalue weighted by atomic mass is 16.2. The van der Waals surface area contributed by atoms with Crippen LogP contribution in [0.15, 0.2) is 43.0 Å². The first kappa shape index (κ1) is 20.6. The summed E-state index contributed by atoms with van der Waals surface area (Å²) in [6.07, 6.45) is 11.2. The number of likely N-dealkylation sites (tertiary alicyclic amines) is 1. The maximum absolute atomic E-state index is 12.3. The summed E-state index contributed by atoms with van der Waals surface area (Å²) in [5.74, 6) is 0.417. The Hall–Kier alpha value is -3.26. The third-order valence-corrected chi connectivity index (χ3v) is 6.48. The van der Waals surface area contributed by atoms with E-state index in [9.17, 15) is 9.59 Å². The Morgan fingerprint density at radius 1 is 1.06 bits per heavy atom. The van der Waals surface area contributed by atoms with Crippen molar-refractivity contribution in [3.63, 3.8) is 0 Å². The number of rotatable bonds is 5. The number of aryl methyl sites for hydroxylation is 1. The van der Waals surface area contributed by atoms with Gasteiger partial charge in [0.1, 0.15) is 0 Å². The molecule has 8 heteroatoms. The van der Waals surface area contributed by atoms with E-state index in [4.69, 9.17) is 0 Å². The number of fused-ring (bicyclic) bond motifs is 1. The number of pyridine rings is 2. The van der Waals surface area contributed by atoms with Crippen LogP contribution in [0, 0.1) is 12.8 Å². The molecule has 32 heavy (non-hydrogen) atoms. The van der Waals surface area contributed by atoms with E-state index >= 15 is 0 Å². The summed E-state index contributed by atoms with van der Waals surface area (Å²) in [5.41, 5.74) is 5.40. The molecule has 3 aromatic rings. The van der Waals surface area contributed by atoms with Crippen molar-refractivity contribution >= 4 is 23.1 Å². The fourth-order valence-corrected chi connectivity index (χ4v) is 4.78. The molecule has 0 spiro atoms. The van der Waals surface area contributed by atoms with Gasteiger partial charge in [-0.3, -0.25) is 24.9 Å². The van der Waals surface area contributed by atoms with Gasteiger partial charge < -0.3 is 0 Å². The molecule has 8 nitrogen and oxygen atoms in total. The molecule has 2 saturated heterocycles. The molecule has 0 saturated carbocycles. The number of nitrogens with zero attached hydrogens (tertiary/aromatic N) is 5. The summed E-state index contributed by atoms with van der Waals surface area (Å²) in [5, 5.41) is 6.78. The first-order valence-corrected chi connectivity index (χ1v) is 11.3. The molecule has 2 fully saturated rings. The summed E-state index contributed by atoms with van der Waals surface area (Å²) >= 11 is 0. The molecule has 0 radical (unpaired) electrons. The van der Waals surface area contributed by atoms with E-state index in [2.05, 4.69) is 45.4 Å². The lowest BCUT2D eigenvalue weighted by Crippen LogP contribution is -2.49. The highest BCUT2D eigenvalue weighted by molar-refractivity contribution is 6.07. The zero-order valence-electron chi connectivity index (χ0n) is 18.3. The van der Waals surface area contributed by atoms with Crippen molar-refractivity contribution in [3.8, 4) is 0 Å². The van der Waals surface area contributed by atoms with E-state index in [-0.39, 0.29) is 11.9 Å². The molecule has 0 aliphatic carbocycles. The van der Waals surface area contributed by atoms with Crippen LogP contribution in [-0.4, -0.2) is 51.1 Å². The fourth-order valence-electron chi connectivity index (χ4n) is 4.78. The maximum atomic E-state index is 12.3. The maximum Gasteiger partial charge on any atom is 0.328 e. The second-order valence-electron chi connectivity index (χ2n) is 8.94. The van der Waals surface area contributed by atoms with Crippen molar-refractivity contribution in [1.82, 2.24) is 24.8 Å². The number of hydrogen-bond donors (Lipinski definition) is 1. The van der Waals surface area contributed by atoms with Gasteiger partial charge in [-0.1, -0.05) is 6.07 Å². The second kappa shape index (κ2) is 8.70. The second-order valence-corrected chi connectivity index (χ2v) is 8.94. The molecule has 2 aliphatic rings. The van der Waals surface area contributed by atoms with Gasteiger partial charge in [0.05, 0.1) is 17.4 Å². The van der Waals surface area contributed by atoms with Crippen molar-refractivity contribution in [2.45, 2.75) is 39.2 Å². The molecule has 3 aromatic heterocycles. The molecule has 0 unspecified atom stereocenters.